The number of pyridine rings is 1. The highest BCUT2D eigenvalue weighted by Crippen LogP contribution is 2.16. The summed E-state index contributed by atoms with van der Waals surface area (Å²) < 4.78 is 4.41. The van der Waals surface area contributed by atoms with Crippen LogP contribution in [0.1, 0.15) is 18.2 Å². The lowest BCUT2D eigenvalue weighted by Crippen LogP contribution is -2.09. The van der Waals surface area contributed by atoms with Gasteiger partial charge in [-0.25, -0.2) is 4.98 Å². The third-order valence-electron chi connectivity index (χ3n) is 1.67. The lowest BCUT2D eigenvalue weighted by Gasteiger charge is -2.08. The normalized spacial score (nSPS) is 12.2. The fourth-order valence-electron chi connectivity index (χ4n) is 0.955. The Balaban J connectivity index is 2.69. The molecule has 1 rings (SSSR count). The SMILES string of the molecule is COC(=O)CC(O)c1cccc(Cl)n1. The average Bonchev–Trinajstić information content (AvgIpc) is 2.17. The van der Waals surface area contributed by atoms with Gasteiger partial charge >= 0.3 is 5.97 Å². The highest BCUT2D eigenvalue weighted by molar-refractivity contribution is 6.29. The van der Waals surface area contributed by atoms with Gasteiger partial charge in [0.2, 0.25) is 0 Å². The second-order valence-electron chi connectivity index (χ2n) is 2.68. The molecule has 0 fully saturated rings. The number of nitrogens with zero attached hydrogens (tertiary/aromatic N) is 1. The van der Waals surface area contributed by atoms with E-state index in [4.69, 9.17) is 11.6 Å². The first-order valence-electron chi connectivity index (χ1n) is 4.01. The minimum Gasteiger partial charge on any atom is -0.469 e. The van der Waals surface area contributed by atoms with E-state index in [0.717, 1.165) is 0 Å². The molecular weight excluding hydrogens is 206 g/mol. The fourth-order valence-corrected chi connectivity index (χ4v) is 1.13. The van der Waals surface area contributed by atoms with Crippen LogP contribution in [0.3, 0.4) is 0 Å². The second-order valence-corrected chi connectivity index (χ2v) is 3.07. The van der Waals surface area contributed by atoms with E-state index < -0.39 is 12.1 Å². The number of carbonyl (C=O) groups excluding carboxylic acids is 1. The zero-order chi connectivity index (χ0) is 10.6. The van der Waals surface area contributed by atoms with Gasteiger partial charge in [-0.15, -0.1) is 0 Å². The lowest BCUT2D eigenvalue weighted by atomic mass is 10.2. The van der Waals surface area contributed by atoms with Crippen LogP contribution < -0.4 is 0 Å². The van der Waals surface area contributed by atoms with Gasteiger partial charge in [0.15, 0.2) is 0 Å². The van der Waals surface area contributed by atoms with Gasteiger partial charge in [-0.3, -0.25) is 4.79 Å². The third-order valence-corrected chi connectivity index (χ3v) is 1.88. The van der Waals surface area contributed by atoms with E-state index in [1.165, 1.54) is 7.11 Å². The minimum absolute atomic E-state index is 0.121. The van der Waals surface area contributed by atoms with Gasteiger partial charge in [-0.05, 0) is 12.1 Å². The lowest BCUT2D eigenvalue weighted by molar-refractivity contribution is -0.142. The number of ether oxygens (including phenoxy) is 1. The Morgan fingerprint density at radius 2 is 2.43 bits per heavy atom. The maximum Gasteiger partial charge on any atom is 0.308 e. The Hall–Kier alpha value is -1.13. The van der Waals surface area contributed by atoms with Crippen molar-refractivity contribution in [2.75, 3.05) is 7.11 Å². The predicted octanol–water partition coefficient (Wildman–Crippen LogP) is 1.33. The molecule has 0 amide bonds. The van der Waals surface area contributed by atoms with Gasteiger partial charge in [0, 0.05) is 0 Å². The molecule has 0 aliphatic heterocycles. The third kappa shape index (κ3) is 2.97. The summed E-state index contributed by atoms with van der Waals surface area (Å²) in [4.78, 5) is 14.7. The van der Waals surface area contributed by atoms with Gasteiger partial charge in [-0.1, -0.05) is 17.7 Å². The highest BCUT2D eigenvalue weighted by Gasteiger charge is 2.14. The Morgan fingerprint density at radius 3 is 3.00 bits per heavy atom. The van der Waals surface area contributed by atoms with E-state index in [2.05, 4.69) is 9.72 Å². The number of methoxy groups -OCH3 is 1. The standard InChI is InChI=1S/C9H10ClNO3/c1-14-9(13)5-7(12)6-3-2-4-8(10)11-6/h2-4,7,12H,5H2,1H3. The predicted molar refractivity (Wildman–Crippen MR) is 50.8 cm³/mol. The molecule has 76 valence electrons. The van der Waals surface area contributed by atoms with E-state index in [1.807, 2.05) is 0 Å². The number of hydrogen-bond donors (Lipinski definition) is 1. The van der Waals surface area contributed by atoms with Crippen LogP contribution in [0.5, 0.6) is 0 Å². The van der Waals surface area contributed by atoms with Crippen molar-refractivity contribution in [3.05, 3.63) is 29.0 Å². The van der Waals surface area contributed by atoms with Gasteiger partial charge in [0.25, 0.3) is 0 Å². The quantitative estimate of drug-likeness (QED) is 0.611. The highest BCUT2D eigenvalue weighted by atomic mass is 35.5. The molecule has 5 heteroatoms. The second kappa shape index (κ2) is 4.93. The molecule has 1 heterocycles. The average molecular weight is 216 g/mol. The van der Waals surface area contributed by atoms with Crippen molar-refractivity contribution in [1.29, 1.82) is 0 Å². The summed E-state index contributed by atoms with van der Waals surface area (Å²) in [7, 11) is 1.26. The molecular formula is C9H10ClNO3. The van der Waals surface area contributed by atoms with Crippen LogP contribution in [0, 0.1) is 0 Å². The van der Waals surface area contributed by atoms with Crippen LogP contribution in [-0.2, 0) is 9.53 Å². The number of hydrogen-bond acceptors (Lipinski definition) is 4. The van der Waals surface area contributed by atoms with E-state index in [0.29, 0.717) is 5.69 Å². The molecule has 1 atom stereocenters. The van der Waals surface area contributed by atoms with Crippen molar-refractivity contribution in [2.24, 2.45) is 0 Å². The molecule has 14 heavy (non-hydrogen) atoms. The van der Waals surface area contributed by atoms with Gasteiger partial charge in [0.05, 0.1) is 19.2 Å². The summed E-state index contributed by atoms with van der Waals surface area (Å²) in [5, 5.41) is 9.81. The fraction of sp³-hybridized carbons (Fsp3) is 0.333. The number of esters is 1. The van der Waals surface area contributed by atoms with Gasteiger partial charge in [-0.2, -0.15) is 0 Å². The van der Waals surface area contributed by atoms with Crippen molar-refractivity contribution < 1.29 is 14.6 Å². The van der Waals surface area contributed by atoms with Crippen LogP contribution in [0.15, 0.2) is 18.2 Å². The Kier molecular flexibility index (Phi) is 3.85. The first-order valence-corrected chi connectivity index (χ1v) is 4.38. The maximum absolute atomic E-state index is 10.8. The topological polar surface area (TPSA) is 59.4 Å². The first kappa shape index (κ1) is 10.9. The van der Waals surface area contributed by atoms with Crippen molar-refractivity contribution in [1.82, 2.24) is 4.98 Å². The molecule has 1 aromatic rings. The smallest absolute Gasteiger partial charge is 0.308 e. The molecule has 1 unspecified atom stereocenters. The Morgan fingerprint density at radius 1 is 1.71 bits per heavy atom. The van der Waals surface area contributed by atoms with Crippen LogP contribution >= 0.6 is 11.6 Å². The number of aliphatic hydroxyl groups excluding tert-OH is 1. The molecule has 0 saturated carbocycles. The summed E-state index contributed by atoms with van der Waals surface area (Å²) in [5.74, 6) is -0.487. The summed E-state index contributed by atoms with van der Waals surface area (Å²) in [5.41, 5.74) is 0.364. The number of carbonyl (C=O) groups is 1. The number of aromatic nitrogens is 1. The van der Waals surface area contributed by atoms with Crippen molar-refractivity contribution in [3.63, 3.8) is 0 Å². The molecule has 1 aromatic heterocycles. The Labute approximate surface area is 86.5 Å². The maximum atomic E-state index is 10.8. The molecule has 0 aliphatic rings. The van der Waals surface area contributed by atoms with Gasteiger partial charge in [0.1, 0.15) is 11.3 Å². The summed E-state index contributed by atoms with van der Waals surface area (Å²) in [6.07, 6.45) is -1.09. The largest absolute Gasteiger partial charge is 0.469 e. The summed E-state index contributed by atoms with van der Waals surface area (Å²) in [6.45, 7) is 0. The molecule has 0 radical (unpaired) electrons. The van der Waals surface area contributed by atoms with E-state index in [1.54, 1.807) is 18.2 Å². The molecule has 0 bridgehead atoms. The van der Waals surface area contributed by atoms with Crippen LogP contribution in [0.4, 0.5) is 0 Å². The summed E-state index contributed by atoms with van der Waals surface area (Å²) in [6, 6.07) is 4.85. The molecule has 1 N–H and O–H groups in total. The van der Waals surface area contributed by atoms with Gasteiger partial charge < -0.3 is 9.84 Å². The number of halogens is 1. The zero-order valence-electron chi connectivity index (χ0n) is 7.61. The van der Waals surface area contributed by atoms with Crippen LogP contribution in [0.25, 0.3) is 0 Å². The first-order chi connectivity index (χ1) is 6.63. The minimum atomic E-state index is -0.971. The molecule has 0 spiro atoms. The molecule has 0 aliphatic carbocycles. The van der Waals surface area contributed by atoms with Crippen molar-refractivity contribution in [3.8, 4) is 0 Å². The Bertz CT molecular complexity index is 330. The van der Waals surface area contributed by atoms with E-state index >= 15 is 0 Å². The zero-order valence-corrected chi connectivity index (χ0v) is 8.36. The monoisotopic (exact) mass is 215 g/mol. The van der Waals surface area contributed by atoms with E-state index in [9.17, 15) is 9.90 Å². The molecule has 0 aromatic carbocycles. The number of aliphatic hydroxyl groups is 1. The van der Waals surface area contributed by atoms with Crippen LogP contribution in [0.2, 0.25) is 5.15 Å². The number of rotatable bonds is 3. The summed E-state index contributed by atoms with van der Waals surface area (Å²) >= 11 is 5.62. The van der Waals surface area contributed by atoms with Crippen molar-refractivity contribution in [2.45, 2.75) is 12.5 Å². The molecule has 0 saturated heterocycles. The van der Waals surface area contributed by atoms with Crippen LogP contribution in [-0.4, -0.2) is 23.2 Å². The van der Waals surface area contributed by atoms with E-state index in [-0.39, 0.29) is 11.6 Å². The molecule has 4 nitrogen and oxygen atoms in total. The van der Waals surface area contributed by atoms with Crippen molar-refractivity contribution >= 4 is 17.6 Å².